The molecule has 0 aliphatic carbocycles. The van der Waals surface area contributed by atoms with Crippen molar-refractivity contribution in [3.05, 3.63) is 0 Å². The highest BCUT2D eigenvalue weighted by Crippen LogP contribution is 2.09. The molecule has 13 heavy (non-hydrogen) atoms. The molecule has 0 aromatic heterocycles. The van der Waals surface area contributed by atoms with Gasteiger partial charge < -0.3 is 9.02 Å². The minimum atomic E-state index is -1.27. The van der Waals surface area contributed by atoms with E-state index in [9.17, 15) is 0 Å². The van der Waals surface area contributed by atoms with E-state index in [1.54, 1.807) is 0 Å². The summed E-state index contributed by atoms with van der Waals surface area (Å²) in [6, 6.07) is 1.28. The van der Waals surface area contributed by atoms with Gasteiger partial charge in [-0.3, -0.25) is 0 Å². The van der Waals surface area contributed by atoms with E-state index in [4.69, 9.17) is 4.12 Å². The predicted octanol–water partition coefficient (Wildman–Crippen LogP) is 2.41. The molecule has 0 amide bonds. The van der Waals surface area contributed by atoms with Crippen molar-refractivity contribution >= 4 is 17.4 Å². The highest BCUT2D eigenvalue weighted by molar-refractivity contribution is 6.77. The average Bonchev–Trinajstić information content (AvgIpc) is 1.81. The van der Waals surface area contributed by atoms with Gasteiger partial charge in [0.15, 0.2) is 17.4 Å². The van der Waals surface area contributed by atoms with E-state index in [-0.39, 0.29) is 0 Å². The van der Waals surface area contributed by atoms with Crippen LogP contribution in [0, 0.1) is 0 Å². The van der Waals surface area contributed by atoms with E-state index >= 15 is 0 Å². The van der Waals surface area contributed by atoms with Gasteiger partial charge in [0.25, 0.3) is 0 Å². The molecule has 0 unspecified atom stereocenters. The minimum absolute atomic E-state index is 0.508. The normalized spacial score (nSPS) is 12.9. The maximum Gasteiger partial charge on any atom is 0.194 e. The van der Waals surface area contributed by atoms with Gasteiger partial charge in [-0.05, 0) is 59.3 Å². The van der Waals surface area contributed by atoms with Crippen molar-refractivity contribution in [2.24, 2.45) is 0 Å². The van der Waals surface area contributed by atoms with Crippen molar-refractivity contribution in [2.75, 3.05) is 20.6 Å². The summed E-state index contributed by atoms with van der Waals surface area (Å²) >= 11 is 0. The van der Waals surface area contributed by atoms with Crippen molar-refractivity contribution < 1.29 is 4.12 Å². The van der Waals surface area contributed by atoms with E-state index in [0.29, 0.717) is 0 Å². The Hall–Kier alpha value is 0.354. The Labute approximate surface area is 86.1 Å². The van der Waals surface area contributed by atoms with Crippen LogP contribution < -0.4 is 0 Å². The maximum atomic E-state index is 6.04. The summed E-state index contributed by atoms with van der Waals surface area (Å²) in [5.74, 6) is 0. The molecule has 79 valence electrons. The molecule has 0 aromatic rings. The van der Waals surface area contributed by atoms with Crippen LogP contribution in [0.3, 0.4) is 0 Å². The molecule has 0 saturated carbocycles. The lowest BCUT2D eigenvalue weighted by Gasteiger charge is -2.22. The van der Waals surface area contributed by atoms with Crippen LogP contribution in [0.25, 0.3) is 0 Å². The van der Waals surface area contributed by atoms with Crippen LogP contribution in [0.4, 0.5) is 0 Å². The first-order chi connectivity index (χ1) is 5.81. The molecule has 0 aliphatic heterocycles. The highest BCUT2D eigenvalue weighted by Gasteiger charge is 2.18. The number of nitrogens with zero attached hydrogens (tertiary/aromatic N) is 1. The number of hydrogen-bond donors (Lipinski definition) is 0. The first-order valence-electron chi connectivity index (χ1n) is 4.97. The number of rotatable bonds is 6. The third kappa shape index (κ3) is 10.3. The van der Waals surface area contributed by atoms with Crippen LogP contribution in [0.15, 0.2) is 0 Å². The van der Waals surface area contributed by atoms with E-state index < -0.39 is 17.4 Å². The van der Waals surface area contributed by atoms with Crippen LogP contribution in [0.5, 0.6) is 0 Å². The molecule has 0 fully saturated rings. The zero-order valence-electron chi connectivity index (χ0n) is 9.98. The van der Waals surface area contributed by atoms with Gasteiger partial charge in [0.2, 0.25) is 0 Å². The summed E-state index contributed by atoms with van der Waals surface area (Å²) in [5.41, 5.74) is 0. The van der Waals surface area contributed by atoms with E-state index in [1.165, 1.54) is 19.0 Å². The molecule has 0 spiro atoms. The molecule has 4 heteroatoms. The minimum Gasteiger partial charge on any atom is -0.456 e. The Morgan fingerprint density at radius 1 is 1.23 bits per heavy atom. The zero-order chi connectivity index (χ0) is 10.5. The Morgan fingerprint density at radius 3 is 2.15 bits per heavy atom. The lowest BCUT2D eigenvalue weighted by Crippen LogP contribution is -2.33. The molecule has 0 atom stereocenters. The van der Waals surface area contributed by atoms with Crippen LogP contribution in [-0.2, 0) is 4.12 Å². The van der Waals surface area contributed by atoms with Crippen molar-refractivity contribution in [1.29, 1.82) is 0 Å². The summed E-state index contributed by atoms with van der Waals surface area (Å²) in [6.45, 7) is 10.3. The molecule has 0 heterocycles. The van der Waals surface area contributed by atoms with Crippen LogP contribution in [-0.4, -0.2) is 42.9 Å². The molecule has 0 saturated heterocycles. The fourth-order valence-electron chi connectivity index (χ4n) is 1.22. The van der Waals surface area contributed by atoms with Gasteiger partial charge in [-0.25, -0.2) is 0 Å². The third-order valence-electron chi connectivity index (χ3n) is 1.61. The average molecular weight is 218 g/mol. The summed E-state index contributed by atoms with van der Waals surface area (Å²) in [6.07, 6.45) is 1.28. The summed E-state index contributed by atoms with van der Waals surface area (Å²) < 4.78 is 6.04. The van der Waals surface area contributed by atoms with E-state index in [1.807, 2.05) is 0 Å². The van der Waals surface area contributed by atoms with E-state index in [0.717, 1.165) is 0 Å². The van der Waals surface area contributed by atoms with Gasteiger partial charge in [0, 0.05) is 0 Å². The molecule has 0 N–H and O–H groups in total. The summed E-state index contributed by atoms with van der Waals surface area (Å²) in [4.78, 5) is 2.24. The fourth-order valence-corrected chi connectivity index (χ4v) is 6.46. The Kier molecular flexibility index (Phi) is 6.12. The van der Waals surface area contributed by atoms with Crippen LogP contribution in [0.2, 0.25) is 32.2 Å². The Bertz CT molecular complexity index is 134. The maximum absolute atomic E-state index is 6.04. The van der Waals surface area contributed by atoms with Gasteiger partial charge in [-0.15, -0.1) is 0 Å². The lowest BCUT2D eigenvalue weighted by molar-refractivity contribution is 0.405. The van der Waals surface area contributed by atoms with Crippen LogP contribution in [0.1, 0.15) is 6.42 Å². The van der Waals surface area contributed by atoms with Crippen LogP contribution >= 0.6 is 0 Å². The van der Waals surface area contributed by atoms with Crippen molar-refractivity contribution in [3.8, 4) is 0 Å². The third-order valence-corrected chi connectivity index (χ3v) is 6.52. The van der Waals surface area contributed by atoms with Crippen molar-refractivity contribution in [2.45, 2.75) is 38.7 Å². The van der Waals surface area contributed by atoms with Gasteiger partial charge in [0.1, 0.15) is 0 Å². The SMILES string of the molecule is CN(C)CCC[Si](C)O[Si](C)(C)C. The van der Waals surface area contributed by atoms with Crippen molar-refractivity contribution in [3.63, 3.8) is 0 Å². The Balaban J connectivity index is 3.46. The molecule has 1 radical (unpaired) electrons. The first kappa shape index (κ1) is 13.4. The second kappa shape index (κ2) is 5.95. The topological polar surface area (TPSA) is 12.5 Å². The lowest BCUT2D eigenvalue weighted by atomic mass is 10.5. The predicted molar refractivity (Wildman–Crippen MR) is 64.0 cm³/mol. The fraction of sp³-hybridized carbons (Fsp3) is 1.00. The first-order valence-corrected chi connectivity index (χ1v) is 10.5. The molecular formula is C9H24NOSi2. The molecule has 0 aromatic carbocycles. The second-order valence-corrected chi connectivity index (χ2v) is 11.8. The molecule has 0 rings (SSSR count). The Morgan fingerprint density at radius 2 is 1.77 bits per heavy atom. The van der Waals surface area contributed by atoms with Gasteiger partial charge >= 0.3 is 0 Å². The quantitative estimate of drug-likeness (QED) is 0.635. The zero-order valence-corrected chi connectivity index (χ0v) is 12.0. The van der Waals surface area contributed by atoms with Crippen molar-refractivity contribution in [1.82, 2.24) is 4.90 Å². The summed E-state index contributed by atoms with van der Waals surface area (Å²) in [7, 11) is 2.48. The molecule has 0 aliphatic rings. The van der Waals surface area contributed by atoms with Gasteiger partial charge in [-0.2, -0.15) is 0 Å². The molecule has 2 nitrogen and oxygen atoms in total. The van der Waals surface area contributed by atoms with Gasteiger partial charge in [-0.1, -0.05) is 0 Å². The standard InChI is InChI=1S/C9H24NOSi2/c1-10(2)8-7-9-12(3)11-13(4,5)6/h7-9H2,1-6H3. The van der Waals surface area contributed by atoms with E-state index in [2.05, 4.69) is 45.2 Å². The highest BCUT2D eigenvalue weighted by atomic mass is 28.4. The molecular weight excluding hydrogens is 194 g/mol. The smallest absolute Gasteiger partial charge is 0.194 e. The second-order valence-electron chi connectivity index (χ2n) is 4.82. The van der Waals surface area contributed by atoms with Gasteiger partial charge in [0.05, 0.1) is 0 Å². The molecule has 0 bridgehead atoms. The largest absolute Gasteiger partial charge is 0.456 e. The monoisotopic (exact) mass is 218 g/mol. The summed E-state index contributed by atoms with van der Waals surface area (Å²) in [5, 5.41) is 0. The number of hydrogen-bond acceptors (Lipinski definition) is 2.